The molecule has 0 radical (unpaired) electrons. The summed E-state index contributed by atoms with van der Waals surface area (Å²) in [6, 6.07) is 12.4. The quantitative estimate of drug-likeness (QED) is 0.626. The third kappa shape index (κ3) is 3.95. The SMILES string of the molecule is O=[N+]([O-])c1ccc(NCCc2ccc(Cl)cc2)c(Br)c1. The van der Waals surface area contributed by atoms with E-state index >= 15 is 0 Å². The van der Waals surface area contributed by atoms with E-state index < -0.39 is 4.92 Å². The third-order valence-corrected chi connectivity index (χ3v) is 3.71. The van der Waals surface area contributed by atoms with E-state index in [2.05, 4.69) is 21.2 Å². The molecule has 0 aliphatic carbocycles. The fourth-order valence-corrected chi connectivity index (χ4v) is 2.39. The van der Waals surface area contributed by atoms with Crippen LogP contribution in [-0.2, 0) is 6.42 Å². The fourth-order valence-electron chi connectivity index (χ4n) is 1.75. The highest BCUT2D eigenvalue weighted by Crippen LogP contribution is 2.27. The predicted molar refractivity (Wildman–Crippen MR) is 84.4 cm³/mol. The van der Waals surface area contributed by atoms with Crippen molar-refractivity contribution in [1.29, 1.82) is 0 Å². The molecule has 0 amide bonds. The van der Waals surface area contributed by atoms with E-state index in [-0.39, 0.29) is 5.69 Å². The molecule has 1 N–H and O–H groups in total. The second-order valence-electron chi connectivity index (χ2n) is 4.22. The number of benzene rings is 2. The number of non-ortho nitro benzene ring substituents is 1. The van der Waals surface area contributed by atoms with Gasteiger partial charge < -0.3 is 5.32 Å². The van der Waals surface area contributed by atoms with Gasteiger partial charge >= 0.3 is 0 Å². The van der Waals surface area contributed by atoms with Gasteiger partial charge in [0.1, 0.15) is 0 Å². The van der Waals surface area contributed by atoms with Crippen molar-refractivity contribution in [2.75, 3.05) is 11.9 Å². The van der Waals surface area contributed by atoms with Gasteiger partial charge in [-0.05, 0) is 46.1 Å². The Kier molecular flexibility index (Phi) is 4.98. The smallest absolute Gasteiger partial charge is 0.270 e. The lowest BCUT2D eigenvalue weighted by Crippen LogP contribution is -2.05. The average Bonchev–Trinajstić information content (AvgIpc) is 2.42. The summed E-state index contributed by atoms with van der Waals surface area (Å²) in [7, 11) is 0. The van der Waals surface area contributed by atoms with E-state index in [0.29, 0.717) is 4.47 Å². The van der Waals surface area contributed by atoms with Crippen LogP contribution in [0, 0.1) is 10.1 Å². The highest BCUT2D eigenvalue weighted by molar-refractivity contribution is 9.10. The Morgan fingerprint density at radius 1 is 1.20 bits per heavy atom. The molecular formula is C14H12BrClN2O2. The Labute approximate surface area is 130 Å². The molecule has 2 rings (SSSR count). The molecule has 0 heterocycles. The summed E-state index contributed by atoms with van der Waals surface area (Å²) in [6.45, 7) is 0.734. The van der Waals surface area contributed by atoms with Crippen LogP contribution in [0.1, 0.15) is 5.56 Å². The van der Waals surface area contributed by atoms with Gasteiger partial charge in [-0.15, -0.1) is 0 Å². The minimum Gasteiger partial charge on any atom is -0.384 e. The molecule has 0 unspecified atom stereocenters. The zero-order chi connectivity index (χ0) is 14.5. The molecule has 0 spiro atoms. The van der Waals surface area contributed by atoms with Crippen LogP contribution in [0.4, 0.5) is 11.4 Å². The number of hydrogen-bond donors (Lipinski definition) is 1. The maximum Gasteiger partial charge on any atom is 0.270 e. The number of nitrogens with zero attached hydrogens (tertiary/aromatic N) is 1. The lowest BCUT2D eigenvalue weighted by atomic mass is 10.1. The van der Waals surface area contributed by atoms with Crippen molar-refractivity contribution in [2.45, 2.75) is 6.42 Å². The fraction of sp³-hybridized carbons (Fsp3) is 0.143. The van der Waals surface area contributed by atoms with E-state index in [9.17, 15) is 10.1 Å². The van der Waals surface area contributed by atoms with Crippen molar-refractivity contribution in [3.63, 3.8) is 0 Å². The zero-order valence-corrected chi connectivity index (χ0v) is 12.8. The molecule has 104 valence electrons. The Bertz CT molecular complexity index is 617. The number of nitrogens with one attached hydrogen (secondary N) is 1. The van der Waals surface area contributed by atoms with Crippen LogP contribution in [0.25, 0.3) is 0 Å². The minimum absolute atomic E-state index is 0.0696. The lowest BCUT2D eigenvalue weighted by Gasteiger charge is -2.08. The Morgan fingerprint density at radius 3 is 2.50 bits per heavy atom. The summed E-state index contributed by atoms with van der Waals surface area (Å²) in [5.74, 6) is 0. The van der Waals surface area contributed by atoms with Crippen molar-refractivity contribution >= 4 is 38.9 Å². The molecule has 2 aromatic carbocycles. The van der Waals surface area contributed by atoms with E-state index in [1.165, 1.54) is 17.7 Å². The van der Waals surface area contributed by atoms with Gasteiger partial charge in [-0.25, -0.2) is 0 Å². The van der Waals surface area contributed by atoms with Crippen LogP contribution in [0.2, 0.25) is 5.02 Å². The zero-order valence-electron chi connectivity index (χ0n) is 10.5. The summed E-state index contributed by atoms with van der Waals surface area (Å²) in [6.07, 6.45) is 0.848. The van der Waals surface area contributed by atoms with Crippen LogP contribution in [0.5, 0.6) is 0 Å². The van der Waals surface area contributed by atoms with Gasteiger partial charge in [-0.3, -0.25) is 10.1 Å². The Hall–Kier alpha value is -1.59. The number of nitro benzene ring substituents is 1. The summed E-state index contributed by atoms with van der Waals surface area (Å²) in [5.41, 5.74) is 2.09. The van der Waals surface area contributed by atoms with Gasteiger partial charge in [0.25, 0.3) is 5.69 Å². The summed E-state index contributed by atoms with van der Waals surface area (Å²) in [4.78, 5) is 10.2. The average molecular weight is 356 g/mol. The molecule has 4 nitrogen and oxygen atoms in total. The van der Waals surface area contributed by atoms with Crippen LogP contribution < -0.4 is 5.32 Å². The van der Waals surface area contributed by atoms with E-state index in [4.69, 9.17) is 11.6 Å². The van der Waals surface area contributed by atoms with Gasteiger partial charge in [0.15, 0.2) is 0 Å². The highest BCUT2D eigenvalue weighted by Gasteiger charge is 2.08. The minimum atomic E-state index is -0.414. The molecule has 0 fully saturated rings. The molecule has 6 heteroatoms. The topological polar surface area (TPSA) is 55.2 Å². The molecule has 0 bridgehead atoms. The van der Waals surface area contributed by atoms with Crippen molar-refractivity contribution in [3.8, 4) is 0 Å². The number of nitro groups is 1. The van der Waals surface area contributed by atoms with Crippen molar-refractivity contribution in [3.05, 3.63) is 67.6 Å². The van der Waals surface area contributed by atoms with Crippen LogP contribution in [0.3, 0.4) is 0 Å². The first-order valence-electron chi connectivity index (χ1n) is 5.98. The van der Waals surface area contributed by atoms with Gasteiger partial charge in [0, 0.05) is 33.9 Å². The van der Waals surface area contributed by atoms with Crippen LogP contribution in [-0.4, -0.2) is 11.5 Å². The van der Waals surface area contributed by atoms with Gasteiger partial charge in [0.05, 0.1) is 4.92 Å². The van der Waals surface area contributed by atoms with Crippen LogP contribution >= 0.6 is 27.5 Å². The van der Waals surface area contributed by atoms with Gasteiger partial charge in [0.2, 0.25) is 0 Å². The first-order valence-corrected chi connectivity index (χ1v) is 7.15. The molecule has 20 heavy (non-hydrogen) atoms. The first kappa shape index (κ1) is 14.8. The largest absolute Gasteiger partial charge is 0.384 e. The molecule has 0 saturated carbocycles. The lowest BCUT2D eigenvalue weighted by molar-refractivity contribution is -0.384. The van der Waals surface area contributed by atoms with Crippen LogP contribution in [0.15, 0.2) is 46.9 Å². The summed E-state index contributed by atoms with van der Waals surface area (Å²) in [5, 5.41) is 14.6. The Morgan fingerprint density at radius 2 is 1.90 bits per heavy atom. The standard InChI is InChI=1S/C14H12BrClN2O2/c15-13-9-12(18(19)20)5-6-14(13)17-8-7-10-1-3-11(16)4-2-10/h1-6,9,17H,7-8H2. The van der Waals surface area contributed by atoms with E-state index in [0.717, 1.165) is 23.7 Å². The predicted octanol–water partition coefficient (Wildman–Crippen LogP) is 4.67. The second kappa shape index (κ2) is 6.72. The number of anilines is 1. The van der Waals surface area contributed by atoms with Gasteiger partial charge in [-0.2, -0.15) is 0 Å². The van der Waals surface area contributed by atoms with E-state index in [1.54, 1.807) is 6.07 Å². The van der Waals surface area contributed by atoms with E-state index in [1.807, 2.05) is 24.3 Å². The molecule has 0 atom stereocenters. The molecule has 0 aromatic heterocycles. The highest BCUT2D eigenvalue weighted by atomic mass is 79.9. The number of rotatable bonds is 5. The third-order valence-electron chi connectivity index (χ3n) is 2.81. The van der Waals surface area contributed by atoms with Crippen molar-refractivity contribution in [1.82, 2.24) is 0 Å². The maximum absolute atomic E-state index is 10.6. The number of halogens is 2. The molecule has 0 saturated heterocycles. The molecular weight excluding hydrogens is 344 g/mol. The van der Waals surface area contributed by atoms with Gasteiger partial charge in [-0.1, -0.05) is 23.7 Å². The first-order chi connectivity index (χ1) is 9.56. The molecule has 2 aromatic rings. The maximum atomic E-state index is 10.6. The monoisotopic (exact) mass is 354 g/mol. The molecule has 0 aliphatic rings. The number of hydrogen-bond acceptors (Lipinski definition) is 3. The Balaban J connectivity index is 1.94. The van der Waals surface area contributed by atoms with Crippen molar-refractivity contribution < 1.29 is 4.92 Å². The second-order valence-corrected chi connectivity index (χ2v) is 5.52. The van der Waals surface area contributed by atoms with Crippen molar-refractivity contribution in [2.24, 2.45) is 0 Å². The normalized spacial score (nSPS) is 10.3. The summed E-state index contributed by atoms with van der Waals surface area (Å²) < 4.78 is 0.683. The molecule has 0 aliphatic heterocycles. The summed E-state index contributed by atoms with van der Waals surface area (Å²) >= 11 is 9.15.